The number of aryl methyl sites for hydroxylation is 2. The number of benzene rings is 1. The van der Waals surface area contributed by atoms with E-state index in [0.717, 1.165) is 24.7 Å². The van der Waals surface area contributed by atoms with Gasteiger partial charge in [0, 0.05) is 23.8 Å². The molecule has 3 heterocycles. The summed E-state index contributed by atoms with van der Waals surface area (Å²) in [6.07, 6.45) is 5.76. The number of fused-ring (bicyclic) bond motifs is 2. The lowest BCUT2D eigenvalue weighted by Crippen LogP contribution is -2.37. The molecule has 1 aliphatic heterocycles. The number of hydrogen-bond acceptors (Lipinski definition) is 2. The lowest BCUT2D eigenvalue weighted by Gasteiger charge is -2.38. The molecule has 1 N–H and O–H groups in total. The molecule has 0 amide bonds. The average Bonchev–Trinajstić information content (AvgIpc) is 3.40. The molecule has 0 radical (unpaired) electrons. The SMILES string of the molecule is Cc1[nH]c2c(N3CCc4ccccc4C3C3CC3)nccc2c1C. The molecule has 1 aromatic carbocycles. The number of rotatable bonds is 2. The van der Waals surface area contributed by atoms with Gasteiger partial charge in [0.15, 0.2) is 5.82 Å². The van der Waals surface area contributed by atoms with Crippen LogP contribution < -0.4 is 4.90 Å². The quantitative estimate of drug-likeness (QED) is 0.743. The summed E-state index contributed by atoms with van der Waals surface area (Å²) in [5, 5.41) is 1.31. The summed E-state index contributed by atoms with van der Waals surface area (Å²) in [4.78, 5) is 11.0. The summed E-state index contributed by atoms with van der Waals surface area (Å²) in [7, 11) is 0. The molecule has 3 heteroatoms. The third kappa shape index (κ3) is 2.00. The minimum atomic E-state index is 0.483. The molecule has 0 saturated heterocycles. The second-order valence-electron chi connectivity index (χ2n) is 7.36. The van der Waals surface area contributed by atoms with Gasteiger partial charge in [0.1, 0.15) is 0 Å². The van der Waals surface area contributed by atoms with Gasteiger partial charge in [-0.25, -0.2) is 4.98 Å². The van der Waals surface area contributed by atoms with Crippen molar-refractivity contribution < 1.29 is 0 Å². The Morgan fingerprint density at radius 2 is 1.96 bits per heavy atom. The van der Waals surface area contributed by atoms with E-state index in [1.54, 1.807) is 0 Å². The molecule has 1 aliphatic carbocycles. The highest BCUT2D eigenvalue weighted by molar-refractivity contribution is 5.93. The average molecular weight is 317 g/mol. The molecular formula is C21H23N3. The fraction of sp³-hybridized carbons (Fsp3) is 0.381. The van der Waals surface area contributed by atoms with Gasteiger partial charge >= 0.3 is 0 Å². The standard InChI is InChI=1S/C21H23N3/c1-13-14(2)23-19-17(13)9-11-22-21(19)24-12-10-15-5-3-4-6-18(15)20(24)16-7-8-16/h3-6,9,11,16,20,23H,7-8,10,12H2,1-2H3. The van der Waals surface area contributed by atoms with Crippen LogP contribution in [-0.4, -0.2) is 16.5 Å². The number of nitrogens with one attached hydrogen (secondary N) is 1. The van der Waals surface area contributed by atoms with Crippen LogP contribution in [-0.2, 0) is 6.42 Å². The molecule has 0 bridgehead atoms. The maximum absolute atomic E-state index is 4.81. The van der Waals surface area contributed by atoms with Gasteiger partial charge in [-0.3, -0.25) is 0 Å². The molecule has 1 saturated carbocycles. The summed E-state index contributed by atoms with van der Waals surface area (Å²) < 4.78 is 0. The number of nitrogens with zero attached hydrogens (tertiary/aromatic N) is 2. The number of pyridine rings is 1. The van der Waals surface area contributed by atoms with Gasteiger partial charge in [-0.1, -0.05) is 24.3 Å². The zero-order valence-electron chi connectivity index (χ0n) is 14.3. The van der Waals surface area contributed by atoms with E-state index >= 15 is 0 Å². The first-order chi connectivity index (χ1) is 11.7. The zero-order valence-corrected chi connectivity index (χ0v) is 14.3. The van der Waals surface area contributed by atoms with Crippen LogP contribution in [0, 0.1) is 19.8 Å². The van der Waals surface area contributed by atoms with E-state index in [1.165, 1.54) is 46.1 Å². The summed E-state index contributed by atoms with van der Waals surface area (Å²) in [5.74, 6) is 1.91. The van der Waals surface area contributed by atoms with Crippen LogP contribution in [0.5, 0.6) is 0 Å². The van der Waals surface area contributed by atoms with Gasteiger partial charge in [0.05, 0.1) is 11.6 Å². The monoisotopic (exact) mass is 317 g/mol. The summed E-state index contributed by atoms with van der Waals surface area (Å²) >= 11 is 0. The summed E-state index contributed by atoms with van der Waals surface area (Å²) in [6.45, 7) is 5.41. The van der Waals surface area contributed by atoms with Crippen LogP contribution in [0.2, 0.25) is 0 Å². The van der Waals surface area contributed by atoms with Crippen molar-refractivity contribution in [1.82, 2.24) is 9.97 Å². The number of H-pyrrole nitrogens is 1. The lowest BCUT2D eigenvalue weighted by molar-refractivity contribution is 0.524. The second-order valence-corrected chi connectivity index (χ2v) is 7.36. The molecule has 122 valence electrons. The van der Waals surface area contributed by atoms with Crippen molar-refractivity contribution in [3.63, 3.8) is 0 Å². The Bertz CT molecular complexity index is 920. The van der Waals surface area contributed by atoms with E-state index in [0.29, 0.717) is 6.04 Å². The predicted octanol–water partition coefficient (Wildman–Crippen LogP) is 4.69. The molecule has 24 heavy (non-hydrogen) atoms. The molecule has 2 aromatic heterocycles. The fourth-order valence-electron chi connectivity index (χ4n) is 4.34. The minimum Gasteiger partial charge on any atom is -0.355 e. The maximum Gasteiger partial charge on any atom is 0.153 e. The Kier molecular flexibility index (Phi) is 2.99. The van der Waals surface area contributed by atoms with Crippen LogP contribution in [0.25, 0.3) is 10.9 Å². The van der Waals surface area contributed by atoms with Crippen LogP contribution in [0.4, 0.5) is 5.82 Å². The smallest absolute Gasteiger partial charge is 0.153 e. The van der Waals surface area contributed by atoms with Gasteiger partial charge in [-0.2, -0.15) is 0 Å². The van der Waals surface area contributed by atoms with Crippen LogP contribution in [0.3, 0.4) is 0 Å². The fourth-order valence-corrected chi connectivity index (χ4v) is 4.34. The first kappa shape index (κ1) is 14.1. The topological polar surface area (TPSA) is 31.9 Å². The van der Waals surface area contributed by atoms with Gasteiger partial charge < -0.3 is 9.88 Å². The third-order valence-corrected chi connectivity index (χ3v) is 5.88. The number of anilines is 1. The van der Waals surface area contributed by atoms with E-state index < -0.39 is 0 Å². The van der Waals surface area contributed by atoms with Crippen molar-refractivity contribution in [3.05, 3.63) is 58.9 Å². The Morgan fingerprint density at radius 3 is 2.79 bits per heavy atom. The van der Waals surface area contributed by atoms with E-state index in [9.17, 15) is 0 Å². The van der Waals surface area contributed by atoms with Crippen molar-refractivity contribution in [2.24, 2.45) is 5.92 Å². The van der Waals surface area contributed by atoms with Gasteiger partial charge in [0.25, 0.3) is 0 Å². The van der Waals surface area contributed by atoms with Crippen molar-refractivity contribution in [2.75, 3.05) is 11.4 Å². The molecule has 1 fully saturated rings. The minimum absolute atomic E-state index is 0.483. The third-order valence-electron chi connectivity index (χ3n) is 5.88. The molecule has 5 rings (SSSR count). The Balaban J connectivity index is 1.68. The van der Waals surface area contributed by atoms with Crippen LogP contribution >= 0.6 is 0 Å². The first-order valence-corrected chi connectivity index (χ1v) is 9.02. The highest BCUT2D eigenvalue weighted by Crippen LogP contribution is 2.49. The van der Waals surface area contributed by atoms with Gasteiger partial charge in [-0.05, 0) is 61.8 Å². The number of hydrogen-bond donors (Lipinski definition) is 1. The predicted molar refractivity (Wildman–Crippen MR) is 98.5 cm³/mol. The number of aromatic nitrogens is 2. The van der Waals surface area contributed by atoms with Crippen molar-refractivity contribution in [2.45, 2.75) is 39.2 Å². The van der Waals surface area contributed by atoms with Crippen LogP contribution in [0.1, 0.15) is 41.3 Å². The molecule has 1 unspecified atom stereocenters. The molecule has 1 atom stereocenters. The summed E-state index contributed by atoms with van der Waals surface area (Å²) in [5.41, 5.74) is 6.84. The molecule has 2 aliphatic rings. The van der Waals surface area contributed by atoms with E-state index in [1.807, 2.05) is 6.20 Å². The Labute approximate surface area is 142 Å². The normalized spacial score (nSPS) is 20.4. The first-order valence-electron chi connectivity index (χ1n) is 9.02. The van der Waals surface area contributed by atoms with Crippen molar-refractivity contribution >= 4 is 16.7 Å². The molecule has 3 aromatic rings. The maximum atomic E-state index is 4.81. The van der Waals surface area contributed by atoms with E-state index in [2.05, 4.69) is 54.1 Å². The molecule has 0 spiro atoms. The van der Waals surface area contributed by atoms with Crippen molar-refractivity contribution in [1.29, 1.82) is 0 Å². The zero-order chi connectivity index (χ0) is 16.3. The number of aromatic amines is 1. The van der Waals surface area contributed by atoms with Gasteiger partial charge in [-0.15, -0.1) is 0 Å². The molecular weight excluding hydrogens is 294 g/mol. The molecule has 3 nitrogen and oxygen atoms in total. The Hall–Kier alpha value is -2.29. The van der Waals surface area contributed by atoms with Crippen molar-refractivity contribution in [3.8, 4) is 0 Å². The van der Waals surface area contributed by atoms with Gasteiger partial charge in [0.2, 0.25) is 0 Å². The second kappa shape index (κ2) is 5.10. The highest BCUT2D eigenvalue weighted by Gasteiger charge is 2.40. The lowest BCUT2D eigenvalue weighted by atomic mass is 9.89. The largest absolute Gasteiger partial charge is 0.355 e. The summed E-state index contributed by atoms with van der Waals surface area (Å²) in [6, 6.07) is 11.6. The Morgan fingerprint density at radius 1 is 1.12 bits per heavy atom. The van der Waals surface area contributed by atoms with E-state index in [-0.39, 0.29) is 0 Å². The van der Waals surface area contributed by atoms with Crippen LogP contribution in [0.15, 0.2) is 36.5 Å². The highest BCUT2D eigenvalue weighted by atomic mass is 15.2. The van der Waals surface area contributed by atoms with E-state index in [4.69, 9.17) is 4.98 Å².